The highest BCUT2D eigenvalue weighted by Gasteiger charge is 2.40. The quantitative estimate of drug-likeness (QED) is 0.612. The Morgan fingerprint density at radius 2 is 1.85 bits per heavy atom. The first-order valence-electron chi connectivity index (χ1n) is 9.36. The van der Waals surface area contributed by atoms with E-state index >= 15 is 0 Å². The summed E-state index contributed by atoms with van der Waals surface area (Å²) in [6.45, 7) is 6.63. The predicted octanol–water partition coefficient (Wildman–Crippen LogP) is 6.16. The smallest absolute Gasteiger partial charge is 0.336 e. The monoisotopic (exact) mass is 381 g/mol. The van der Waals surface area contributed by atoms with E-state index in [4.69, 9.17) is 11.6 Å². The van der Waals surface area contributed by atoms with E-state index in [0.717, 1.165) is 17.7 Å². The predicted molar refractivity (Wildman–Crippen MR) is 110 cm³/mol. The van der Waals surface area contributed by atoms with Gasteiger partial charge in [-0.25, -0.2) is 4.79 Å². The molecule has 1 heterocycles. The third kappa shape index (κ3) is 3.04. The Morgan fingerprint density at radius 3 is 2.48 bits per heavy atom. The van der Waals surface area contributed by atoms with Crippen LogP contribution in [0.5, 0.6) is 0 Å². The van der Waals surface area contributed by atoms with Crippen LogP contribution in [-0.4, -0.2) is 11.1 Å². The topological polar surface area (TPSA) is 49.3 Å². The van der Waals surface area contributed by atoms with Crippen molar-refractivity contribution in [1.29, 1.82) is 0 Å². The van der Waals surface area contributed by atoms with Crippen LogP contribution in [0.25, 0.3) is 0 Å². The van der Waals surface area contributed by atoms with Crippen molar-refractivity contribution in [3.8, 4) is 0 Å². The number of carboxylic acids is 1. The summed E-state index contributed by atoms with van der Waals surface area (Å²) in [6.07, 6.45) is 5.23. The molecule has 4 heteroatoms. The van der Waals surface area contributed by atoms with Crippen LogP contribution in [0.15, 0.2) is 48.6 Å². The number of carbonyl (C=O) groups is 1. The Hall–Kier alpha value is -2.26. The van der Waals surface area contributed by atoms with Crippen LogP contribution in [0.4, 0.5) is 5.69 Å². The van der Waals surface area contributed by atoms with Gasteiger partial charge in [0, 0.05) is 5.92 Å². The maximum absolute atomic E-state index is 11.8. The van der Waals surface area contributed by atoms with Gasteiger partial charge in [0.15, 0.2) is 0 Å². The number of anilines is 1. The molecule has 2 aromatic carbocycles. The number of fused-ring (bicyclic) bond motifs is 3. The van der Waals surface area contributed by atoms with Gasteiger partial charge < -0.3 is 10.4 Å². The molecular formula is C23H24ClNO2. The van der Waals surface area contributed by atoms with Crippen molar-refractivity contribution in [3.63, 3.8) is 0 Å². The van der Waals surface area contributed by atoms with Gasteiger partial charge >= 0.3 is 5.97 Å². The highest BCUT2D eigenvalue weighted by molar-refractivity contribution is 6.33. The summed E-state index contributed by atoms with van der Waals surface area (Å²) in [5.74, 6) is -0.551. The number of rotatable bonds is 2. The molecule has 0 amide bonds. The summed E-state index contributed by atoms with van der Waals surface area (Å²) in [4.78, 5) is 11.8. The Bertz CT molecular complexity index is 925. The van der Waals surface area contributed by atoms with Gasteiger partial charge in [0.1, 0.15) is 0 Å². The number of benzene rings is 2. The fraction of sp³-hybridized carbons (Fsp3) is 0.348. The summed E-state index contributed by atoms with van der Waals surface area (Å²) in [5, 5.41) is 13.8. The van der Waals surface area contributed by atoms with E-state index in [0.29, 0.717) is 10.6 Å². The summed E-state index contributed by atoms with van der Waals surface area (Å²) < 4.78 is 0. The molecule has 27 heavy (non-hydrogen) atoms. The molecule has 4 rings (SSSR count). The van der Waals surface area contributed by atoms with Gasteiger partial charge in [-0.1, -0.05) is 68.8 Å². The summed E-state index contributed by atoms with van der Waals surface area (Å²) in [5.41, 5.74) is 4.54. The highest BCUT2D eigenvalue weighted by atomic mass is 35.5. The minimum absolute atomic E-state index is 0.0679. The van der Waals surface area contributed by atoms with Gasteiger partial charge in [-0.3, -0.25) is 0 Å². The first-order valence-corrected chi connectivity index (χ1v) is 9.74. The Kier molecular flexibility index (Phi) is 4.31. The molecule has 3 nitrogen and oxygen atoms in total. The zero-order valence-electron chi connectivity index (χ0n) is 15.8. The molecule has 2 aromatic rings. The molecule has 0 unspecified atom stereocenters. The van der Waals surface area contributed by atoms with Crippen molar-refractivity contribution in [2.24, 2.45) is 5.92 Å². The maximum Gasteiger partial charge on any atom is 0.336 e. The zero-order chi connectivity index (χ0) is 19.3. The van der Waals surface area contributed by atoms with Crippen molar-refractivity contribution >= 4 is 23.3 Å². The fourth-order valence-corrected chi connectivity index (χ4v) is 4.60. The lowest BCUT2D eigenvalue weighted by molar-refractivity contribution is 0.0695. The van der Waals surface area contributed by atoms with Gasteiger partial charge in [-0.05, 0) is 46.6 Å². The Balaban J connectivity index is 1.79. The second-order valence-corrected chi connectivity index (χ2v) is 8.94. The number of hydrogen-bond acceptors (Lipinski definition) is 2. The Morgan fingerprint density at radius 1 is 1.15 bits per heavy atom. The van der Waals surface area contributed by atoms with Crippen LogP contribution in [0.2, 0.25) is 5.02 Å². The fourth-order valence-electron chi connectivity index (χ4n) is 4.38. The van der Waals surface area contributed by atoms with Crippen LogP contribution >= 0.6 is 11.6 Å². The molecule has 0 fully saturated rings. The van der Waals surface area contributed by atoms with Crippen LogP contribution in [-0.2, 0) is 5.41 Å². The number of hydrogen-bond donors (Lipinski definition) is 2. The molecule has 0 saturated carbocycles. The van der Waals surface area contributed by atoms with E-state index in [-0.39, 0.29) is 23.3 Å². The average molecular weight is 382 g/mol. The Labute approximate surface area is 165 Å². The highest BCUT2D eigenvalue weighted by Crippen LogP contribution is 2.52. The van der Waals surface area contributed by atoms with Crippen molar-refractivity contribution in [3.05, 3.63) is 75.8 Å². The van der Waals surface area contributed by atoms with Crippen molar-refractivity contribution < 1.29 is 9.90 Å². The van der Waals surface area contributed by atoms with Gasteiger partial charge in [0.25, 0.3) is 0 Å². The number of nitrogens with one attached hydrogen (secondary N) is 1. The molecule has 0 bridgehead atoms. The minimum Gasteiger partial charge on any atom is -0.478 e. The number of carboxylic acid groups (broad SMARTS) is 1. The van der Waals surface area contributed by atoms with E-state index in [9.17, 15) is 9.90 Å². The third-order valence-corrected chi connectivity index (χ3v) is 6.15. The van der Waals surface area contributed by atoms with E-state index in [1.54, 1.807) is 12.1 Å². The molecule has 1 aliphatic carbocycles. The van der Waals surface area contributed by atoms with Crippen molar-refractivity contribution in [2.75, 3.05) is 5.32 Å². The number of aromatic carboxylic acids is 1. The number of allylic oxidation sites excluding steroid dienone is 2. The third-order valence-electron chi connectivity index (χ3n) is 5.84. The van der Waals surface area contributed by atoms with Gasteiger partial charge in [-0.2, -0.15) is 0 Å². The SMILES string of the molecule is CC(C)(C)c1ccc([C@@H]2Nc3c(Cl)ccc(C(=O)O)c3[C@H]3C=CC[C@H]32)cc1. The minimum atomic E-state index is -0.906. The lowest BCUT2D eigenvalue weighted by atomic mass is 9.75. The molecule has 0 aromatic heterocycles. The largest absolute Gasteiger partial charge is 0.478 e. The molecule has 140 valence electrons. The second-order valence-electron chi connectivity index (χ2n) is 8.54. The lowest BCUT2D eigenvalue weighted by Crippen LogP contribution is -2.30. The van der Waals surface area contributed by atoms with Crippen LogP contribution in [0.1, 0.15) is 66.2 Å². The molecule has 3 atom stereocenters. The first kappa shape index (κ1) is 18.1. The average Bonchev–Trinajstić information content (AvgIpc) is 3.10. The molecule has 1 aliphatic heterocycles. The van der Waals surface area contributed by atoms with Crippen LogP contribution < -0.4 is 5.32 Å². The van der Waals surface area contributed by atoms with Crippen molar-refractivity contribution in [2.45, 2.75) is 44.6 Å². The number of halogens is 1. The first-order chi connectivity index (χ1) is 12.8. The molecule has 0 spiro atoms. The molecule has 2 N–H and O–H groups in total. The molecule has 0 radical (unpaired) electrons. The van der Waals surface area contributed by atoms with E-state index in [1.807, 2.05) is 0 Å². The van der Waals surface area contributed by atoms with Gasteiger partial charge in [0.05, 0.1) is 22.3 Å². The van der Waals surface area contributed by atoms with Crippen LogP contribution in [0.3, 0.4) is 0 Å². The van der Waals surface area contributed by atoms with Crippen molar-refractivity contribution in [1.82, 2.24) is 0 Å². The molecule has 2 aliphatic rings. The summed E-state index contributed by atoms with van der Waals surface area (Å²) >= 11 is 6.47. The van der Waals surface area contributed by atoms with E-state index in [1.165, 1.54) is 11.1 Å². The second kappa shape index (κ2) is 6.42. The van der Waals surface area contributed by atoms with E-state index in [2.05, 4.69) is 62.5 Å². The zero-order valence-corrected chi connectivity index (χ0v) is 16.5. The normalized spacial score (nSPS) is 23.5. The van der Waals surface area contributed by atoms with Gasteiger partial charge in [0.2, 0.25) is 0 Å². The van der Waals surface area contributed by atoms with Crippen LogP contribution in [0, 0.1) is 5.92 Å². The van der Waals surface area contributed by atoms with Gasteiger partial charge in [-0.15, -0.1) is 0 Å². The van der Waals surface area contributed by atoms with E-state index < -0.39 is 5.97 Å². The summed E-state index contributed by atoms with van der Waals surface area (Å²) in [6, 6.07) is 12.2. The maximum atomic E-state index is 11.8. The summed E-state index contributed by atoms with van der Waals surface area (Å²) in [7, 11) is 0. The molecular weight excluding hydrogens is 358 g/mol. The standard InChI is InChI=1S/C23H24ClNO2/c1-23(2,3)14-9-7-13(8-10-14)20-16-6-4-5-15(16)19-17(22(26)27)11-12-18(24)21(19)25-20/h4-5,7-12,15-16,20,25H,6H2,1-3H3,(H,26,27)/t15-,16+,20-/m0/s1. The lowest BCUT2D eigenvalue weighted by Gasteiger charge is -2.38. The molecule has 0 saturated heterocycles.